The lowest BCUT2D eigenvalue weighted by Gasteiger charge is -2.49. The Hall–Kier alpha value is -2.61. The van der Waals surface area contributed by atoms with Gasteiger partial charge in [-0.15, -0.1) is 0 Å². The number of hydrogen-bond acceptors (Lipinski definition) is 4. The van der Waals surface area contributed by atoms with Crippen molar-refractivity contribution in [2.75, 3.05) is 31.5 Å². The SMILES string of the molecule is CCCNC(=O)Nc1ccc2c(C(=O)N(C3CC3)[C@@H]3CN4CCC3CC4)n[nH]c2c1. The second-order valence-corrected chi connectivity index (χ2v) is 8.86. The number of nitrogens with one attached hydrogen (secondary N) is 3. The summed E-state index contributed by atoms with van der Waals surface area (Å²) in [6.07, 6.45) is 5.46. The number of carbonyl (C=O) groups is 2. The highest BCUT2D eigenvalue weighted by Crippen LogP contribution is 2.38. The van der Waals surface area contributed by atoms with Crippen molar-refractivity contribution < 1.29 is 9.59 Å². The van der Waals surface area contributed by atoms with E-state index >= 15 is 0 Å². The third-order valence-corrected chi connectivity index (χ3v) is 6.71. The molecule has 8 heteroatoms. The van der Waals surface area contributed by atoms with Gasteiger partial charge in [0.2, 0.25) is 0 Å². The lowest BCUT2D eigenvalue weighted by atomic mass is 9.83. The van der Waals surface area contributed by atoms with E-state index in [1.165, 1.54) is 25.9 Å². The van der Waals surface area contributed by atoms with E-state index in [1.54, 1.807) is 0 Å². The maximum absolute atomic E-state index is 13.6. The van der Waals surface area contributed by atoms with Crippen LogP contribution in [0.1, 0.15) is 49.5 Å². The maximum Gasteiger partial charge on any atom is 0.319 e. The first-order valence-electron chi connectivity index (χ1n) is 11.2. The summed E-state index contributed by atoms with van der Waals surface area (Å²) < 4.78 is 0. The van der Waals surface area contributed by atoms with Crippen LogP contribution in [0.4, 0.5) is 10.5 Å². The Morgan fingerprint density at radius 1 is 1.23 bits per heavy atom. The number of aromatic nitrogens is 2. The zero-order chi connectivity index (χ0) is 20.7. The van der Waals surface area contributed by atoms with Crippen LogP contribution in [-0.4, -0.2) is 70.2 Å². The first-order valence-corrected chi connectivity index (χ1v) is 11.2. The van der Waals surface area contributed by atoms with Crippen LogP contribution in [0.15, 0.2) is 18.2 Å². The molecule has 0 unspecified atom stereocenters. The smallest absolute Gasteiger partial charge is 0.319 e. The Bertz CT molecular complexity index is 944. The molecule has 4 fully saturated rings. The molecule has 3 aliphatic heterocycles. The molecule has 0 radical (unpaired) electrons. The number of benzene rings is 1. The van der Waals surface area contributed by atoms with Gasteiger partial charge in [-0.3, -0.25) is 9.89 Å². The average Bonchev–Trinajstić information content (AvgIpc) is 3.51. The fraction of sp³-hybridized carbons (Fsp3) is 0.591. The molecule has 1 aromatic heterocycles. The monoisotopic (exact) mass is 410 g/mol. The van der Waals surface area contributed by atoms with Gasteiger partial charge >= 0.3 is 6.03 Å². The van der Waals surface area contributed by atoms with Gasteiger partial charge in [-0.1, -0.05) is 6.92 Å². The number of hydrogen-bond donors (Lipinski definition) is 3. The first kappa shape index (κ1) is 19.4. The highest BCUT2D eigenvalue weighted by atomic mass is 16.2. The number of carbonyl (C=O) groups excluding carboxylic acids is 2. The molecule has 3 N–H and O–H groups in total. The molecule has 1 saturated carbocycles. The Kier molecular flexibility index (Phi) is 5.10. The van der Waals surface area contributed by atoms with Gasteiger partial charge in [0, 0.05) is 36.2 Å². The second-order valence-electron chi connectivity index (χ2n) is 8.86. The third-order valence-electron chi connectivity index (χ3n) is 6.71. The predicted octanol–water partition coefficient (Wildman–Crippen LogP) is 2.79. The number of anilines is 1. The molecule has 2 bridgehead atoms. The number of aromatic amines is 1. The van der Waals surface area contributed by atoms with Crippen LogP contribution in [0, 0.1) is 5.92 Å². The van der Waals surface area contributed by atoms with Crippen molar-refractivity contribution in [2.24, 2.45) is 5.92 Å². The summed E-state index contributed by atoms with van der Waals surface area (Å²) in [4.78, 5) is 30.2. The topological polar surface area (TPSA) is 93.4 Å². The van der Waals surface area contributed by atoms with Gasteiger partial charge in [0.1, 0.15) is 0 Å². The molecular formula is C22H30N6O2. The highest BCUT2D eigenvalue weighted by molar-refractivity contribution is 6.06. The Balaban J connectivity index is 1.37. The van der Waals surface area contributed by atoms with Gasteiger partial charge in [-0.2, -0.15) is 5.10 Å². The Morgan fingerprint density at radius 3 is 2.70 bits per heavy atom. The molecule has 1 aliphatic carbocycles. The van der Waals surface area contributed by atoms with Gasteiger partial charge < -0.3 is 20.4 Å². The number of piperidine rings is 3. The largest absolute Gasteiger partial charge is 0.338 e. The maximum atomic E-state index is 13.6. The van der Waals surface area contributed by atoms with Gasteiger partial charge in [0.25, 0.3) is 5.91 Å². The minimum absolute atomic E-state index is 0.0453. The van der Waals surface area contributed by atoms with Gasteiger partial charge in [0.15, 0.2) is 5.69 Å². The molecule has 8 nitrogen and oxygen atoms in total. The molecule has 3 amide bonds. The summed E-state index contributed by atoms with van der Waals surface area (Å²) in [5.41, 5.74) is 1.93. The molecule has 30 heavy (non-hydrogen) atoms. The van der Waals surface area contributed by atoms with E-state index in [0.29, 0.717) is 35.9 Å². The summed E-state index contributed by atoms with van der Waals surface area (Å²) >= 11 is 0. The van der Waals surface area contributed by atoms with Crippen molar-refractivity contribution >= 4 is 28.5 Å². The second kappa shape index (κ2) is 7.91. The van der Waals surface area contributed by atoms with E-state index in [2.05, 4.69) is 30.6 Å². The lowest BCUT2D eigenvalue weighted by Crippen LogP contribution is -2.59. The third kappa shape index (κ3) is 3.64. The zero-order valence-electron chi connectivity index (χ0n) is 17.5. The molecular weight excluding hydrogens is 380 g/mol. The molecule has 3 saturated heterocycles. The van der Waals surface area contributed by atoms with Crippen LogP contribution in [-0.2, 0) is 0 Å². The van der Waals surface area contributed by atoms with Crippen LogP contribution >= 0.6 is 0 Å². The number of amides is 3. The standard InChI is InChI=1S/C22H30N6O2/c1-2-9-23-22(30)24-15-3-6-17-18(12-15)25-26-20(17)21(29)28(16-4-5-16)19-13-27-10-7-14(19)8-11-27/h3,6,12,14,16,19H,2,4-5,7-11,13H2,1H3,(H,25,26)(H2,23,24,30)/t19-/m1/s1. The minimum atomic E-state index is -0.228. The van der Waals surface area contributed by atoms with E-state index in [9.17, 15) is 9.59 Å². The number of fused-ring (bicyclic) bond motifs is 4. The van der Waals surface area contributed by atoms with Gasteiger partial charge in [-0.25, -0.2) is 4.79 Å². The number of rotatable bonds is 6. The summed E-state index contributed by atoms with van der Waals surface area (Å²) in [6.45, 7) is 5.97. The van der Waals surface area contributed by atoms with Crippen molar-refractivity contribution in [3.63, 3.8) is 0 Å². The normalized spacial score (nSPS) is 25.3. The molecule has 0 spiro atoms. The van der Waals surface area contributed by atoms with E-state index < -0.39 is 0 Å². The Labute approximate surface area is 176 Å². The minimum Gasteiger partial charge on any atom is -0.338 e. The summed E-state index contributed by atoms with van der Waals surface area (Å²) in [7, 11) is 0. The van der Waals surface area contributed by atoms with E-state index in [0.717, 1.165) is 36.7 Å². The quantitative estimate of drug-likeness (QED) is 0.683. The number of nitrogens with zero attached hydrogens (tertiary/aromatic N) is 3. The summed E-state index contributed by atoms with van der Waals surface area (Å²) in [5, 5.41) is 13.8. The van der Waals surface area contributed by atoms with Crippen molar-refractivity contribution in [1.82, 2.24) is 25.3 Å². The number of H-pyrrole nitrogens is 1. The molecule has 160 valence electrons. The lowest BCUT2D eigenvalue weighted by molar-refractivity contribution is 0.00438. The van der Waals surface area contributed by atoms with Crippen molar-refractivity contribution in [1.29, 1.82) is 0 Å². The molecule has 4 aliphatic rings. The summed E-state index contributed by atoms with van der Waals surface area (Å²) in [5.74, 6) is 0.658. The highest BCUT2D eigenvalue weighted by Gasteiger charge is 2.45. The van der Waals surface area contributed by atoms with Gasteiger partial charge in [-0.05, 0) is 69.3 Å². The molecule has 1 atom stereocenters. The van der Waals surface area contributed by atoms with Crippen molar-refractivity contribution in [2.45, 2.75) is 51.1 Å². The fourth-order valence-corrected chi connectivity index (χ4v) is 4.99. The van der Waals surface area contributed by atoms with Crippen LogP contribution in [0.3, 0.4) is 0 Å². The average molecular weight is 411 g/mol. The van der Waals surface area contributed by atoms with E-state index in [-0.39, 0.29) is 11.9 Å². The van der Waals surface area contributed by atoms with E-state index in [1.807, 2.05) is 25.1 Å². The van der Waals surface area contributed by atoms with Crippen molar-refractivity contribution in [3.8, 4) is 0 Å². The molecule has 1 aromatic carbocycles. The first-order chi connectivity index (χ1) is 14.6. The molecule has 6 rings (SSSR count). The van der Waals surface area contributed by atoms with Crippen LogP contribution < -0.4 is 10.6 Å². The summed E-state index contributed by atoms with van der Waals surface area (Å²) in [6, 6.07) is 5.98. The Morgan fingerprint density at radius 2 is 2.03 bits per heavy atom. The molecule has 2 aromatic rings. The van der Waals surface area contributed by atoms with Gasteiger partial charge in [0.05, 0.1) is 5.52 Å². The van der Waals surface area contributed by atoms with Crippen LogP contribution in [0.25, 0.3) is 10.9 Å². The number of urea groups is 1. The van der Waals surface area contributed by atoms with Crippen LogP contribution in [0.5, 0.6) is 0 Å². The van der Waals surface area contributed by atoms with Crippen LogP contribution in [0.2, 0.25) is 0 Å². The van der Waals surface area contributed by atoms with Crippen molar-refractivity contribution in [3.05, 3.63) is 23.9 Å². The van der Waals surface area contributed by atoms with E-state index in [4.69, 9.17) is 0 Å². The zero-order valence-corrected chi connectivity index (χ0v) is 17.5. The predicted molar refractivity (Wildman–Crippen MR) is 116 cm³/mol. The fourth-order valence-electron chi connectivity index (χ4n) is 4.99. The molecule has 4 heterocycles.